The number of hydrogen-bond donors (Lipinski definition) is 5. The maximum Gasteiger partial charge on any atom is 0.274 e. The summed E-state index contributed by atoms with van der Waals surface area (Å²) in [6, 6.07) is 11.6. The van der Waals surface area contributed by atoms with Crippen molar-refractivity contribution in [2.75, 3.05) is 0 Å². The summed E-state index contributed by atoms with van der Waals surface area (Å²) in [5, 5.41) is 59.1. The topological polar surface area (TPSA) is 177 Å². The molecule has 0 aliphatic carbocycles. The lowest BCUT2D eigenvalue weighted by atomic mass is 9.84. The highest BCUT2D eigenvalue weighted by molar-refractivity contribution is 7.07. The number of nitrogens with zero attached hydrogens (tertiary/aromatic N) is 3. The Morgan fingerprint density at radius 1 is 0.969 bits per heavy atom. The molecule has 1 aliphatic heterocycles. The Morgan fingerprint density at radius 2 is 1.59 bits per heavy atom. The molecule has 0 spiro atoms. The smallest absolute Gasteiger partial charge is 0.274 e. The van der Waals surface area contributed by atoms with Crippen molar-refractivity contribution in [3.05, 3.63) is 72.6 Å². The number of nitriles is 2. The molecule has 32 heavy (non-hydrogen) atoms. The molecule has 0 saturated carbocycles. The molecule has 0 radical (unpaired) electrons. The number of nitrogens with two attached hydrogens (primary N) is 1. The number of allylic oxidation sites excluding steroid dienone is 1. The number of phenols is 4. The van der Waals surface area contributed by atoms with E-state index in [1.165, 1.54) is 30.3 Å². The highest BCUT2D eigenvalue weighted by Crippen LogP contribution is 2.40. The summed E-state index contributed by atoms with van der Waals surface area (Å²) < 4.78 is 1.36. The highest BCUT2D eigenvalue weighted by atomic mass is 32.1. The zero-order valence-corrected chi connectivity index (χ0v) is 17.0. The van der Waals surface area contributed by atoms with E-state index in [4.69, 9.17) is 5.73 Å². The first-order chi connectivity index (χ1) is 15.3. The van der Waals surface area contributed by atoms with E-state index in [2.05, 4.69) is 0 Å². The molecule has 1 aliphatic rings. The van der Waals surface area contributed by atoms with Gasteiger partial charge in [-0.2, -0.15) is 10.5 Å². The first-order valence-corrected chi connectivity index (χ1v) is 9.90. The number of fused-ring (bicyclic) bond motifs is 1. The van der Waals surface area contributed by atoms with Gasteiger partial charge in [0.25, 0.3) is 5.56 Å². The predicted molar refractivity (Wildman–Crippen MR) is 116 cm³/mol. The molecule has 0 bridgehead atoms. The van der Waals surface area contributed by atoms with Gasteiger partial charge in [-0.15, -0.1) is 11.3 Å². The van der Waals surface area contributed by atoms with Crippen LogP contribution in [0.15, 0.2) is 46.8 Å². The van der Waals surface area contributed by atoms with E-state index in [-0.39, 0.29) is 60.3 Å². The molecule has 2 aromatic carbocycles. The number of aromatic hydroxyl groups is 4. The van der Waals surface area contributed by atoms with Gasteiger partial charge in [0, 0.05) is 23.3 Å². The van der Waals surface area contributed by atoms with Gasteiger partial charge in [-0.05, 0) is 24.3 Å². The average molecular weight is 446 g/mol. The van der Waals surface area contributed by atoms with Crippen molar-refractivity contribution in [1.82, 2.24) is 4.57 Å². The van der Waals surface area contributed by atoms with Crippen LogP contribution in [0.3, 0.4) is 0 Å². The summed E-state index contributed by atoms with van der Waals surface area (Å²) in [5.41, 5.74) is 5.92. The SMILES string of the molecule is N#CC1=C(N)n2c(s/c(=C\c3ccc(O)cc3O)c2=O)=C(C#N)[C@@H]1c1ccc(O)cc1O. The Bertz CT molecular complexity index is 1580. The summed E-state index contributed by atoms with van der Waals surface area (Å²) in [4.78, 5) is 13.1. The minimum Gasteiger partial charge on any atom is -0.508 e. The molecule has 1 atom stereocenters. The summed E-state index contributed by atoms with van der Waals surface area (Å²) in [6.07, 6.45) is 1.38. The van der Waals surface area contributed by atoms with E-state index in [1.54, 1.807) is 0 Å². The fraction of sp³-hybridized carbons (Fsp3) is 0.0455. The zero-order chi connectivity index (χ0) is 23.2. The fourth-order valence-electron chi connectivity index (χ4n) is 3.53. The van der Waals surface area contributed by atoms with Gasteiger partial charge in [0.2, 0.25) is 0 Å². The second-order valence-corrected chi connectivity index (χ2v) is 7.94. The minimum absolute atomic E-state index is 0.0217. The highest BCUT2D eigenvalue weighted by Gasteiger charge is 2.33. The summed E-state index contributed by atoms with van der Waals surface area (Å²) in [5.74, 6) is -2.16. The van der Waals surface area contributed by atoms with Gasteiger partial charge in [0.1, 0.15) is 33.5 Å². The number of hydrogen-bond acceptors (Lipinski definition) is 9. The van der Waals surface area contributed by atoms with Crippen LogP contribution in [0.4, 0.5) is 0 Å². The Balaban J connectivity index is 2.07. The van der Waals surface area contributed by atoms with Crippen LogP contribution in [0.2, 0.25) is 0 Å². The fourth-order valence-corrected chi connectivity index (χ4v) is 4.65. The van der Waals surface area contributed by atoms with E-state index in [0.29, 0.717) is 0 Å². The van der Waals surface area contributed by atoms with E-state index in [0.717, 1.165) is 28.0 Å². The second-order valence-electron chi connectivity index (χ2n) is 6.91. The zero-order valence-electron chi connectivity index (χ0n) is 16.1. The van der Waals surface area contributed by atoms with Gasteiger partial charge in [-0.25, -0.2) is 0 Å². The van der Waals surface area contributed by atoms with Crippen molar-refractivity contribution in [3.63, 3.8) is 0 Å². The van der Waals surface area contributed by atoms with Crippen molar-refractivity contribution in [1.29, 1.82) is 10.5 Å². The lowest BCUT2D eigenvalue weighted by Gasteiger charge is -2.22. The van der Waals surface area contributed by atoms with Crippen LogP contribution in [-0.2, 0) is 0 Å². The normalized spacial score (nSPS) is 15.9. The molecule has 3 aromatic rings. The Labute approximate surface area is 184 Å². The number of benzene rings is 2. The number of rotatable bonds is 2. The average Bonchev–Trinajstić information content (AvgIpc) is 3.06. The summed E-state index contributed by atoms with van der Waals surface area (Å²) >= 11 is 0.933. The van der Waals surface area contributed by atoms with Crippen LogP contribution in [-0.4, -0.2) is 25.0 Å². The summed E-state index contributed by atoms with van der Waals surface area (Å²) in [7, 11) is 0. The van der Waals surface area contributed by atoms with Crippen LogP contribution >= 0.6 is 11.3 Å². The maximum absolute atomic E-state index is 13.1. The first kappa shape index (κ1) is 20.6. The van der Waals surface area contributed by atoms with Crippen LogP contribution in [0, 0.1) is 22.7 Å². The molecule has 0 fully saturated rings. The van der Waals surface area contributed by atoms with E-state index in [9.17, 15) is 35.7 Å². The molecule has 0 saturated heterocycles. The molecule has 0 amide bonds. The quantitative estimate of drug-likeness (QED) is 0.382. The lowest BCUT2D eigenvalue weighted by molar-refractivity contribution is 0.445. The number of thiazole rings is 1. The predicted octanol–water partition coefficient (Wildman–Crippen LogP) is 0.684. The minimum atomic E-state index is -1.04. The molecule has 0 unspecified atom stereocenters. The molecule has 2 heterocycles. The van der Waals surface area contributed by atoms with Gasteiger partial charge >= 0.3 is 0 Å². The van der Waals surface area contributed by atoms with Crippen molar-refractivity contribution in [2.45, 2.75) is 5.92 Å². The molecule has 158 valence electrons. The third kappa shape index (κ3) is 3.12. The molecular formula is C22H14N4O5S. The monoisotopic (exact) mass is 446 g/mol. The molecule has 1 aromatic heterocycles. The van der Waals surface area contributed by atoms with Crippen LogP contribution in [0.5, 0.6) is 23.0 Å². The third-order valence-corrected chi connectivity index (χ3v) is 6.12. The molecular weight excluding hydrogens is 432 g/mol. The number of phenolic OH excluding ortho intramolecular Hbond substituents is 4. The van der Waals surface area contributed by atoms with Crippen LogP contribution in [0.25, 0.3) is 17.5 Å². The third-order valence-electron chi connectivity index (χ3n) is 5.01. The largest absolute Gasteiger partial charge is 0.508 e. The Hall–Kier alpha value is -4.67. The van der Waals surface area contributed by atoms with Crippen LogP contribution in [0.1, 0.15) is 17.0 Å². The van der Waals surface area contributed by atoms with Gasteiger partial charge in [-0.3, -0.25) is 9.36 Å². The standard InChI is InChI=1S/C22H14N4O5S/c23-8-14-19(13-4-3-12(28)7-17(13)30)15(9-24)22-26(20(14)25)21(31)18(32-22)5-10-1-2-11(27)6-16(10)29/h1-7,19,27-30H,25H2/b18-5-/t19-/m1/s1. The van der Waals surface area contributed by atoms with Gasteiger partial charge in [0.15, 0.2) is 0 Å². The van der Waals surface area contributed by atoms with Gasteiger partial charge < -0.3 is 26.2 Å². The van der Waals surface area contributed by atoms with Gasteiger partial charge in [0.05, 0.1) is 33.7 Å². The Morgan fingerprint density at radius 3 is 2.19 bits per heavy atom. The maximum atomic E-state index is 13.1. The molecule has 4 rings (SSSR count). The molecule has 10 heteroatoms. The Kier molecular flexibility index (Phi) is 4.85. The van der Waals surface area contributed by atoms with Crippen molar-refractivity contribution in [2.24, 2.45) is 5.73 Å². The van der Waals surface area contributed by atoms with E-state index in [1.807, 2.05) is 12.1 Å². The molecule has 9 nitrogen and oxygen atoms in total. The number of aromatic nitrogens is 1. The van der Waals surface area contributed by atoms with Crippen molar-refractivity contribution >= 4 is 28.8 Å². The van der Waals surface area contributed by atoms with Crippen molar-refractivity contribution < 1.29 is 20.4 Å². The lowest BCUT2D eigenvalue weighted by Crippen LogP contribution is -2.38. The second kappa shape index (κ2) is 7.54. The van der Waals surface area contributed by atoms with E-state index >= 15 is 0 Å². The van der Waals surface area contributed by atoms with E-state index < -0.39 is 11.5 Å². The molecule has 6 N–H and O–H groups in total. The first-order valence-electron chi connectivity index (χ1n) is 9.08. The summed E-state index contributed by atoms with van der Waals surface area (Å²) in [6.45, 7) is 0. The van der Waals surface area contributed by atoms with Gasteiger partial charge in [-0.1, -0.05) is 6.07 Å². The van der Waals surface area contributed by atoms with Crippen molar-refractivity contribution in [3.8, 4) is 35.1 Å². The van der Waals surface area contributed by atoms with Crippen LogP contribution < -0.4 is 20.5 Å².